The van der Waals surface area contributed by atoms with Crippen LogP contribution < -0.4 is 15.8 Å². The van der Waals surface area contributed by atoms with E-state index in [0.717, 1.165) is 30.3 Å². The number of carbonyl (C=O) groups is 1. The van der Waals surface area contributed by atoms with Gasteiger partial charge in [0.2, 0.25) is 11.8 Å². The Balaban J connectivity index is 1.48. The van der Waals surface area contributed by atoms with Crippen LogP contribution in [0.2, 0.25) is 0 Å². The van der Waals surface area contributed by atoms with Crippen molar-refractivity contribution in [3.8, 4) is 11.6 Å². The molecule has 3 rings (SSSR count). The second-order valence-electron chi connectivity index (χ2n) is 7.42. The Bertz CT molecular complexity index is 753. The van der Waals surface area contributed by atoms with Crippen LogP contribution in [-0.2, 0) is 6.54 Å². The summed E-state index contributed by atoms with van der Waals surface area (Å²) in [6.45, 7) is 3.98. The molecule has 1 amide bonds. The van der Waals surface area contributed by atoms with Gasteiger partial charge in [0.15, 0.2) is 0 Å². The number of ether oxygens (including phenoxy) is 1. The first kappa shape index (κ1) is 19.4. The first-order valence-corrected chi connectivity index (χ1v) is 9.86. The van der Waals surface area contributed by atoms with E-state index in [4.69, 9.17) is 10.5 Å². The van der Waals surface area contributed by atoms with Crippen molar-refractivity contribution in [3.63, 3.8) is 0 Å². The van der Waals surface area contributed by atoms with Crippen molar-refractivity contribution in [1.82, 2.24) is 10.3 Å². The summed E-state index contributed by atoms with van der Waals surface area (Å²) in [6.07, 6.45) is 9.76. The van der Waals surface area contributed by atoms with Gasteiger partial charge in [0, 0.05) is 18.8 Å². The van der Waals surface area contributed by atoms with E-state index < -0.39 is 5.91 Å². The van der Waals surface area contributed by atoms with E-state index in [1.54, 1.807) is 12.1 Å². The quantitative estimate of drug-likeness (QED) is 0.680. The number of rotatable bonds is 8. The fraction of sp³-hybridized carbons (Fsp3) is 0.455. The largest absolute Gasteiger partial charge is 0.439 e. The first-order valence-electron chi connectivity index (χ1n) is 9.86. The number of hydrogen-bond acceptors (Lipinski definition) is 4. The summed E-state index contributed by atoms with van der Waals surface area (Å²) in [6, 6.07) is 9.45. The Morgan fingerprint density at radius 3 is 2.70 bits per heavy atom. The molecule has 27 heavy (non-hydrogen) atoms. The third kappa shape index (κ3) is 5.79. The predicted octanol–water partition coefficient (Wildman–Crippen LogP) is 4.34. The lowest BCUT2D eigenvalue weighted by atomic mass is 9.87. The second-order valence-corrected chi connectivity index (χ2v) is 7.42. The maximum absolute atomic E-state index is 11.1. The maximum atomic E-state index is 11.1. The van der Waals surface area contributed by atoms with Crippen LogP contribution in [0.4, 0.5) is 0 Å². The van der Waals surface area contributed by atoms with Crippen molar-refractivity contribution >= 4 is 5.91 Å². The minimum absolute atomic E-state index is 0.369. The van der Waals surface area contributed by atoms with Gasteiger partial charge in [-0.25, -0.2) is 4.98 Å². The summed E-state index contributed by atoms with van der Waals surface area (Å²) in [5, 5.41) is 3.57. The zero-order valence-corrected chi connectivity index (χ0v) is 16.0. The number of nitrogens with two attached hydrogens (primary N) is 1. The number of nitrogens with one attached hydrogen (secondary N) is 1. The SMILES string of the molecule is Cc1cc(CNCCC2CCCCC2)ccc1Oc1ccc(C(N)=O)cn1. The molecule has 1 fully saturated rings. The number of nitrogens with zero attached hydrogens (tertiary/aromatic N) is 1. The lowest BCUT2D eigenvalue weighted by molar-refractivity contribution is 0.1000. The fourth-order valence-corrected chi connectivity index (χ4v) is 3.65. The molecular formula is C22H29N3O2. The van der Waals surface area contributed by atoms with Crippen LogP contribution in [0.3, 0.4) is 0 Å². The number of benzene rings is 1. The van der Waals surface area contributed by atoms with Gasteiger partial charge in [0.25, 0.3) is 0 Å². The summed E-state index contributed by atoms with van der Waals surface area (Å²) in [5.74, 6) is 1.63. The molecule has 5 heteroatoms. The summed E-state index contributed by atoms with van der Waals surface area (Å²) in [5.41, 5.74) is 7.90. The van der Waals surface area contributed by atoms with Gasteiger partial charge in [0.1, 0.15) is 5.75 Å². The van der Waals surface area contributed by atoms with Gasteiger partial charge in [-0.15, -0.1) is 0 Å². The molecule has 0 spiro atoms. The van der Waals surface area contributed by atoms with Gasteiger partial charge in [-0.3, -0.25) is 4.79 Å². The lowest BCUT2D eigenvalue weighted by Crippen LogP contribution is -2.19. The predicted molar refractivity (Wildman–Crippen MR) is 107 cm³/mol. The molecule has 1 saturated carbocycles. The Kier molecular flexibility index (Phi) is 6.82. The maximum Gasteiger partial charge on any atom is 0.250 e. The van der Waals surface area contributed by atoms with E-state index in [-0.39, 0.29) is 0 Å². The van der Waals surface area contributed by atoms with E-state index >= 15 is 0 Å². The molecular weight excluding hydrogens is 338 g/mol. The minimum atomic E-state index is -0.495. The molecule has 144 valence electrons. The molecule has 0 atom stereocenters. The Morgan fingerprint density at radius 1 is 1.22 bits per heavy atom. The van der Waals surface area contributed by atoms with Gasteiger partial charge in [0.05, 0.1) is 5.56 Å². The smallest absolute Gasteiger partial charge is 0.250 e. The number of carbonyl (C=O) groups excluding carboxylic acids is 1. The first-order chi connectivity index (χ1) is 13.1. The van der Waals surface area contributed by atoms with Crippen LogP contribution in [0.15, 0.2) is 36.5 Å². The molecule has 2 aromatic rings. The highest BCUT2D eigenvalue weighted by atomic mass is 16.5. The van der Waals surface area contributed by atoms with E-state index in [0.29, 0.717) is 11.4 Å². The van der Waals surface area contributed by atoms with Crippen molar-refractivity contribution in [2.75, 3.05) is 6.54 Å². The van der Waals surface area contributed by atoms with Gasteiger partial charge < -0.3 is 15.8 Å². The average Bonchev–Trinajstić information content (AvgIpc) is 2.68. The lowest BCUT2D eigenvalue weighted by Gasteiger charge is -2.21. The molecule has 1 aliphatic rings. The molecule has 3 N–H and O–H groups in total. The van der Waals surface area contributed by atoms with Gasteiger partial charge in [-0.05, 0) is 49.1 Å². The summed E-state index contributed by atoms with van der Waals surface area (Å²) < 4.78 is 5.82. The number of aryl methyl sites for hydroxylation is 1. The minimum Gasteiger partial charge on any atom is -0.439 e. The summed E-state index contributed by atoms with van der Waals surface area (Å²) in [7, 11) is 0. The van der Waals surface area contributed by atoms with Crippen molar-refractivity contribution < 1.29 is 9.53 Å². The zero-order chi connectivity index (χ0) is 19.1. The molecule has 1 aromatic carbocycles. The van der Waals surface area contributed by atoms with Crippen molar-refractivity contribution in [2.24, 2.45) is 11.7 Å². The van der Waals surface area contributed by atoms with Crippen molar-refractivity contribution in [3.05, 3.63) is 53.2 Å². The summed E-state index contributed by atoms with van der Waals surface area (Å²) in [4.78, 5) is 15.2. The van der Waals surface area contributed by atoms with Crippen LogP contribution in [0.25, 0.3) is 0 Å². The molecule has 0 radical (unpaired) electrons. The normalized spacial score (nSPS) is 14.9. The van der Waals surface area contributed by atoms with Crippen LogP contribution in [0, 0.1) is 12.8 Å². The van der Waals surface area contributed by atoms with Gasteiger partial charge >= 0.3 is 0 Å². The number of primary amides is 1. The number of aromatic nitrogens is 1. The van der Waals surface area contributed by atoms with Gasteiger partial charge in [-0.1, -0.05) is 44.2 Å². The van der Waals surface area contributed by atoms with Crippen LogP contribution >= 0.6 is 0 Å². The number of pyridine rings is 1. The van der Waals surface area contributed by atoms with E-state index in [9.17, 15) is 4.79 Å². The van der Waals surface area contributed by atoms with Crippen LogP contribution in [0.5, 0.6) is 11.6 Å². The molecule has 5 nitrogen and oxygen atoms in total. The third-order valence-electron chi connectivity index (χ3n) is 5.26. The molecule has 0 unspecified atom stereocenters. The fourth-order valence-electron chi connectivity index (χ4n) is 3.65. The zero-order valence-electron chi connectivity index (χ0n) is 16.0. The Hall–Kier alpha value is -2.40. The highest BCUT2D eigenvalue weighted by molar-refractivity contribution is 5.92. The average molecular weight is 367 g/mol. The molecule has 1 aromatic heterocycles. The van der Waals surface area contributed by atoms with Crippen molar-refractivity contribution in [1.29, 1.82) is 0 Å². The molecule has 0 bridgehead atoms. The number of amides is 1. The van der Waals surface area contributed by atoms with E-state index in [1.165, 1.54) is 50.3 Å². The molecule has 1 aliphatic carbocycles. The summed E-state index contributed by atoms with van der Waals surface area (Å²) >= 11 is 0. The third-order valence-corrected chi connectivity index (χ3v) is 5.26. The molecule has 0 saturated heterocycles. The Morgan fingerprint density at radius 2 is 2.04 bits per heavy atom. The standard InChI is InChI=1S/C22H29N3O2/c1-16-13-18(14-24-12-11-17-5-3-2-4-6-17)7-9-20(16)27-21-10-8-19(15-25-21)22(23)26/h7-10,13,15,17,24H,2-6,11-12,14H2,1H3,(H2,23,26). The topological polar surface area (TPSA) is 77.2 Å². The second kappa shape index (κ2) is 9.51. The van der Waals surface area contributed by atoms with E-state index in [1.807, 2.05) is 13.0 Å². The van der Waals surface area contributed by atoms with Crippen LogP contribution in [-0.4, -0.2) is 17.4 Å². The number of hydrogen-bond donors (Lipinski definition) is 2. The van der Waals surface area contributed by atoms with E-state index in [2.05, 4.69) is 22.4 Å². The molecule has 1 heterocycles. The van der Waals surface area contributed by atoms with Gasteiger partial charge in [-0.2, -0.15) is 0 Å². The van der Waals surface area contributed by atoms with Crippen LogP contribution in [0.1, 0.15) is 60.0 Å². The molecule has 0 aliphatic heterocycles. The highest BCUT2D eigenvalue weighted by Gasteiger charge is 2.12. The highest BCUT2D eigenvalue weighted by Crippen LogP contribution is 2.26. The monoisotopic (exact) mass is 367 g/mol. The van der Waals surface area contributed by atoms with Crippen molar-refractivity contribution in [2.45, 2.75) is 52.0 Å². The Labute approximate surface area is 161 Å².